The van der Waals surface area contributed by atoms with Crippen LogP contribution in [0.3, 0.4) is 0 Å². The number of likely N-dealkylation sites (tertiary alicyclic amines) is 1. The Balaban J connectivity index is 2.56. The highest BCUT2D eigenvalue weighted by molar-refractivity contribution is 5.90. The van der Waals surface area contributed by atoms with E-state index in [4.69, 9.17) is 4.74 Å². The lowest BCUT2D eigenvalue weighted by Gasteiger charge is -2.32. The van der Waals surface area contributed by atoms with Crippen molar-refractivity contribution in [2.75, 3.05) is 26.8 Å². The zero-order valence-electron chi connectivity index (χ0n) is 12.6. The molecule has 8 heteroatoms. The lowest BCUT2D eigenvalue weighted by atomic mass is 10.00. The van der Waals surface area contributed by atoms with Crippen LogP contribution < -0.4 is 10.6 Å². The summed E-state index contributed by atoms with van der Waals surface area (Å²) in [6, 6.07) is -1.28. The third-order valence-electron chi connectivity index (χ3n) is 3.69. The van der Waals surface area contributed by atoms with Gasteiger partial charge in [0.2, 0.25) is 5.91 Å². The molecule has 1 heterocycles. The Labute approximate surface area is 123 Å². The first-order valence-corrected chi connectivity index (χ1v) is 6.91. The van der Waals surface area contributed by atoms with Gasteiger partial charge >= 0.3 is 12.0 Å². The van der Waals surface area contributed by atoms with Crippen LogP contribution in [0.1, 0.15) is 26.7 Å². The molecule has 1 rings (SSSR count). The molecule has 1 saturated heterocycles. The summed E-state index contributed by atoms with van der Waals surface area (Å²) in [5.41, 5.74) is -1.21. The summed E-state index contributed by atoms with van der Waals surface area (Å²) >= 11 is 0. The number of nitrogens with one attached hydrogen (secondary N) is 2. The Morgan fingerprint density at radius 2 is 2.10 bits per heavy atom. The van der Waals surface area contributed by atoms with Gasteiger partial charge in [-0.3, -0.25) is 4.79 Å². The van der Waals surface area contributed by atoms with Crippen LogP contribution in [0.5, 0.6) is 0 Å². The molecule has 2 unspecified atom stereocenters. The first kappa shape index (κ1) is 17.2. The van der Waals surface area contributed by atoms with E-state index in [9.17, 15) is 19.5 Å². The summed E-state index contributed by atoms with van der Waals surface area (Å²) < 4.78 is 4.81. The van der Waals surface area contributed by atoms with Gasteiger partial charge in [0.05, 0.1) is 6.61 Å². The van der Waals surface area contributed by atoms with Gasteiger partial charge in [0, 0.05) is 20.2 Å². The topological polar surface area (TPSA) is 108 Å². The predicted molar refractivity (Wildman–Crippen MR) is 74.9 cm³/mol. The molecule has 0 aliphatic carbocycles. The number of hydrogen-bond donors (Lipinski definition) is 3. The first-order chi connectivity index (χ1) is 9.82. The highest BCUT2D eigenvalue weighted by Crippen LogP contribution is 2.29. The molecule has 0 aromatic rings. The Kier molecular flexibility index (Phi) is 5.95. The summed E-state index contributed by atoms with van der Waals surface area (Å²) in [6.45, 7) is 4.17. The van der Waals surface area contributed by atoms with Crippen molar-refractivity contribution in [2.45, 2.75) is 38.3 Å². The quantitative estimate of drug-likeness (QED) is 0.588. The van der Waals surface area contributed by atoms with Crippen LogP contribution in [-0.4, -0.2) is 66.3 Å². The van der Waals surface area contributed by atoms with Gasteiger partial charge in [0.1, 0.15) is 11.6 Å². The van der Waals surface area contributed by atoms with E-state index in [-0.39, 0.29) is 5.91 Å². The summed E-state index contributed by atoms with van der Waals surface area (Å²) in [5.74, 6) is -1.37. The number of aliphatic carboxylic acids is 1. The molecule has 2 atom stereocenters. The van der Waals surface area contributed by atoms with Crippen LogP contribution >= 0.6 is 0 Å². The summed E-state index contributed by atoms with van der Waals surface area (Å²) in [4.78, 5) is 36.5. The zero-order chi connectivity index (χ0) is 16.0. The predicted octanol–water partition coefficient (Wildman–Crippen LogP) is -0.214. The van der Waals surface area contributed by atoms with Crippen LogP contribution in [0, 0.1) is 0 Å². The van der Waals surface area contributed by atoms with Gasteiger partial charge < -0.3 is 25.4 Å². The van der Waals surface area contributed by atoms with Crippen LogP contribution in [0.4, 0.5) is 4.79 Å². The third-order valence-corrected chi connectivity index (χ3v) is 3.69. The number of nitrogens with zero attached hydrogens (tertiary/aromatic N) is 1. The van der Waals surface area contributed by atoms with Crippen molar-refractivity contribution in [3.05, 3.63) is 0 Å². The largest absolute Gasteiger partial charge is 0.480 e. The standard InChI is InChI=1S/C13H23N3O5/c1-9(10(17)14-6-8-21-3)15-12(20)16-7-4-5-13(16,2)11(18)19/h9H,4-8H2,1-3H3,(H,14,17)(H,15,20)(H,18,19). The van der Waals surface area contributed by atoms with Crippen LogP contribution in [0.25, 0.3) is 0 Å². The number of carbonyl (C=O) groups is 3. The molecule has 8 nitrogen and oxygen atoms in total. The minimum atomic E-state index is -1.21. The number of carboxylic acid groups (broad SMARTS) is 1. The highest BCUT2D eigenvalue weighted by Gasteiger charge is 2.46. The lowest BCUT2D eigenvalue weighted by molar-refractivity contribution is -0.147. The van der Waals surface area contributed by atoms with E-state index in [1.807, 2.05) is 0 Å². The molecule has 0 radical (unpaired) electrons. The second kappa shape index (κ2) is 7.26. The fraction of sp³-hybridized carbons (Fsp3) is 0.769. The second-order valence-electron chi connectivity index (χ2n) is 5.29. The van der Waals surface area contributed by atoms with E-state index in [1.54, 1.807) is 6.92 Å². The molecule has 21 heavy (non-hydrogen) atoms. The van der Waals surface area contributed by atoms with Crippen LogP contribution in [0.15, 0.2) is 0 Å². The maximum absolute atomic E-state index is 12.2. The highest BCUT2D eigenvalue weighted by atomic mass is 16.5. The van der Waals surface area contributed by atoms with Gasteiger partial charge in [-0.25, -0.2) is 9.59 Å². The fourth-order valence-electron chi connectivity index (χ4n) is 2.27. The maximum atomic E-state index is 12.2. The average molecular weight is 301 g/mol. The average Bonchev–Trinajstić information content (AvgIpc) is 2.82. The first-order valence-electron chi connectivity index (χ1n) is 6.91. The molecule has 120 valence electrons. The van der Waals surface area contributed by atoms with Crippen molar-refractivity contribution in [3.63, 3.8) is 0 Å². The number of hydrogen-bond acceptors (Lipinski definition) is 4. The molecule has 1 fully saturated rings. The number of carbonyl (C=O) groups excluding carboxylic acids is 2. The lowest BCUT2D eigenvalue weighted by Crippen LogP contribution is -2.57. The monoisotopic (exact) mass is 301 g/mol. The van der Waals surface area contributed by atoms with Gasteiger partial charge in [-0.2, -0.15) is 0 Å². The SMILES string of the molecule is COCCNC(=O)C(C)NC(=O)N1CCCC1(C)C(=O)O. The van der Waals surface area contributed by atoms with Gasteiger partial charge in [-0.1, -0.05) is 0 Å². The van der Waals surface area contributed by atoms with E-state index < -0.39 is 23.6 Å². The smallest absolute Gasteiger partial charge is 0.329 e. The van der Waals surface area contributed by atoms with Crippen molar-refractivity contribution in [1.82, 2.24) is 15.5 Å². The normalized spacial score (nSPS) is 22.7. The summed E-state index contributed by atoms with van der Waals surface area (Å²) in [7, 11) is 1.53. The molecular weight excluding hydrogens is 278 g/mol. The Morgan fingerprint density at radius 3 is 2.67 bits per heavy atom. The Morgan fingerprint density at radius 1 is 1.43 bits per heavy atom. The van der Waals surface area contributed by atoms with Gasteiger partial charge in [0.15, 0.2) is 0 Å². The van der Waals surface area contributed by atoms with Crippen molar-refractivity contribution in [1.29, 1.82) is 0 Å². The molecular formula is C13H23N3O5. The van der Waals surface area contributed by atoms with Crippen molar-refractivity contribution < 1.29 is 24.2 Å². The molecule has 3 amide bonds. The summed E-state index contributed by atoms with van der Waals surface area (Å²) in [5, 5.41) is 14.4. The van der Waals surface area contributed by atoms with Crippen LogP contribution in [0.2, 0.25) is 0 Å². The molecule has 0 saturated carbocycles. The third kappa shape index (κ3) is 4.07. The Hall–Kier alpha value is -1.83. The Bertz CT molecular complexity index is 415. The number of rotatable bonds is 6. The van der Waals surface area contributed by atoms with Crippen molar-refractivity contribution in [3.8, 4) is 0 Å². The minimum absolute atomic E-state index is 0.336. The molecule has 1 aliphatic heterocycles. The van der Waals surface area contributed by atoms with Crippen LogP contribution in [-0.2, 0) is 14.3 Å². The number of urea groups is 1. The molecule has 1 aliphatic rings. The van der Waals surface area contributed by atoms with Gasteiger partial charge in [-0.05, 0) is 26.7 Å². The zero-order valence-corrected chi connectivity index (χ0v) is 12.6. The molecule has 0 bridgehead atoms. The van der Waals surface area contributed by atoms with Gasteiger partial charge in [-0.15, -0.1) is 0 Å². The molecule has 0 aromatic carbocycles. The van der Waals surface area contributed by atoms with Crippen molar-refractivity contribution >= 4 is 17.9 Å². The van der Waals surface area contributed by atoms with E-state index in [1.165, 1.54) is 18.9 Å². The second-order valence-corrected chi connectivity index (χ2v) is 5.29. The summed E-state index contributed by atoms with van der Waals surface area (Å²) in [6.07, 6.45) is 1.04. The molecule has 0 aromatic heterocycles. The number of ether oxygens (including phenoxy) is 1. The van der Waals surface area contributed by atoms with E-state index >= 15 is 0 Å². The van der Waals surface area contributed by atoms with Crippen molar-refractivity contribution in [2.24, 2.45) is 0 Å². The van der Waals surface area contributed by atoms with E-state index in [0.29, 0.717) is 32.5 Å². The molecule has 0 spiro atoms. The minimum Gasteiger partial charge on any atom is -0.480 e. The van der Waals surface area contributed by atoms with Gasteiger partial charge in [0.25, 0.3) is 0 Å². The van der Waals surface area contributed by atoms with E-state index in [2.05, 4.69) is 10.6 Å². The number of amides is 3. The maximum Gasteiger partial charge on any atom is 0.329 e. The molecule has 3 N–H and O–H groups in total. The van der Waals surface area contributed by atoms with E-state index in [0.717, 1.165) is 0 Å². The number of carboxylic acids is 1. The number of methoxy groups -OCH3 is 1. The fourth-order valence-corrected chi connectivity index (χ4v) is 2.27.